The third kappa shape index (κ3) is 4.65. The van der Waals surface area contributed by atoms with Crippen LogP contribution in [0.15, 0.2) is 18.3 Å². The topological polar surface area (TPSA) is 48.4 Å². The van der Waals surface area contributed by atoms with Gasteiger partial charge in [0.25, 0.3) is 0 Å². The summed E-state index contributed by atoms with van der Waals surface area (Å²) in [6, 6.07) is 4.22. The van der Waals surface area contributed by atoms with Gasteiger partial charge in [-0.2, -0.15) is 11.8 Å². The van der Waals surface area contributed by atoms with E-state index in [4.69, 9.17) is 0 Å². The van der Waals surface area contributed by atoms with Crippen LogP contribution >= 0.6 is 11.8 Å². The molecule has 4 nitrogen and oxygen atoms in total. The van der Waals surface area contributed by atoms with Crippen LogP contribution in [-0.4, -0.2) is 47.3 Å². The first kappa shape index (κ1) is 15.6. The molecule has 20 heavy (non-hydrogen) atoms. The number of hydrogen-bond acceptors (Lipinski definition) is 5. The smallest absolute Gasteiger partial charge is 0.128 e. The van der Waals surface area contributed by atoms with Gasteiger partial charge in [0.2, 0.25) is 0 Å². The van der Waals surface area contributed by atoms with Crippen molar-refractivity contribution in [2.24, 2.45) is 0 Å². The van der Waals surface area contributed by atoms with Gasteiger partial charge in [0.05, 0.1) is 5.60 Å². The van der Waals surface area contributed by atoms with Crippen LogP contribution in [0.2, 0.25) is 0 Å². The van der Waals surface area contributed by atoms with E-state index in [-0.39, 0.29) is 0 Å². The van der Waals surface area contributed by atoms with Crippen LogP contribution in [0.4, 0.5) is 5.82 Å². The Morgan fingerprint density at radius 3 is 2.75 bits per heavy atom. The predicted octanol–water partition coefficient (Wildman–Crippen LogP) is 1.89. The molecule has 0 saturated carbocycles. The zero-order chi connectivity index (χ0) is 14.4. The quantitative estimate of drug-likeness (QED) is 0.804. The lowest BCUT2D eigenvalue weighted by molar-refractivity contribution is 0.0846. The summed E-state index contributed by atoms with van der Waals surface area (Å²) in [7, 11) is 0. The van der Waals surface area contributed by atoms with E-state index in [0.29, 0.717) is 6.54 Å². The second-order valence-corrected chi connectivity index (χ2v) is 6.62. The highest BCUT2D eigenvalue weighted by Crippen LogP contribution is 2.17. The van der Waals surface area contributed by atoms with Gasteiger partial charge in [0.15, 0.2) is 0 Å². The summed E-state index contributed by atoms with van der Waals surface area (Å²) in [5, 5.41) is 13.4. The van der Waals surface area contributed by atoms with Gasteiger partial charge in [-0.05, 0) is 37.7 Å². The third-order valence-corrected chi connectivity index (χ3v) is 4.44. The number of rotatable bonds is 7. The van der Waals surface area contributed by atoms with Crippen LogP contribution < -0.4 is 10.2 Å². The maximum absolute atomic E-state index is 10.1. The van der Waals surface area contributed by atoms with Gasteiger partial charge < -0.3 is 15.3 Å². The number of aromatic nitrogens is 1. The first-order chi connectivity index (χ1) is 9.61. The molecule has 1 atom stereocenters. The van der Waals surface area contributed by atoms with Crippen LogP contribution in [0, 0.1) is 0 Å². The average Bonchev–Trinajstić information content (AvgIpc) is 2.93. The number of pyridine rings is 1. The van der Waals surface area contributed by atoms with E-state index in [1.165, 1.54) is 12.8 Å². The monoisotopic (exact) mass is 295 g/mol. The molecule has 1 aromatic heterocycles. The zero-order valence-corrected chi connectivity index (χ0v) is 13.2. The van der Waals surface area contributed by atoms with Gasteiger partial charge in [-0.3, -0.25) is 0 Å². The van der Waals surface area contributed by atoms with Crippen LogP contribution in [-0.2, 0) is 6.54 Å². The van der Waals surface area contributed by atoms with Crippen molar-refractivity contribution in [2.45, 2.75) is 31.9 Å². The molecule has 2 N–H and O–H groups in total. The Bertz CT molecular complexity index is 402. The van der Waals surface area contributed by atoms with E-state index in [2.05, 4.69) is 27.3 Å². The molecule has 1 aliphatic heterocycles. The van der Waals surface area contributed by atoms with Crippen LogP contribution in [0.25, 0.3) is 0 Å². The molecule has 1 unspecified atom stereocenters. The summed E-state index contributed by atoms with van der Waals surface area (Å²) in [5.74, 6) is 1.83. The Morgan fingerprint density at radius 1 is 1.40 bits per heavy atom. The van der Waals surface area contributed by atoms with Gasteiger partial charge >= 0.3 is 0 Å². The Balaban J connectivity index is 1.79. The molecule has 0 bridgehead atoms. The fourth-order valence-electron chi connectivity index (χ4n) is 2.49. The molecule has 112 valence electrons. The van der Waals surface area contributed by atoms with Crippen molar-refractivity contribution in [1.29, 1.82) is 0 Å². The van der Waals surface area contributed by atoms with E-state index in [0.717, 1.165) is 36.8 Å². The summed E-state index contributed by atoms with van der Waals surface area (Å²) in [4.78, 5) is 6.87. The third-order valence-electron chi connectivity index (χ3n) is 3.53. The molecular weight excluding hydrogens is 270 g/mol. The first-order valence-corrected chi connectivity index (χ1v) is 8.62. The number of aliphatic hydroxyl groups is 1. The number of hydrogen-bond donors (Lipinski definition) is 2. The van der Waals surface area contributed by atoms with Crippen molar-refractivity contribution in [1.82, 2.24) is 10.3 Å². The van der Waals surface area contributed by atoms with Crippen LogP contribution in [0.1, 0.15) is 25.3 Å². The van der Waals surface area contributed by atoms with Gasteiger partial charge in [-0.25, -0.2) is 4.98 Å². The standard InChI is InChI=1S/C15H25N3OS/c1-15(19,12-20-2)11-16-9-13-5-6-14(17-10-13)18-7-3-4-8-18/h5-6,10,16,19H,3-4,7-9,11-12H2,1-2H3. The van der Waals surface area contributed by atoms with E-state index < -0.39 is 5.60 Å². The molecule has 5 heteroatoms. The molecule has 0 aliphatic carbocycles. The minimum atomic E-state index is -0.650. The number of thioether (sulfide) groups is 1. The average molecular weight is 295 g/mol. The maximum atomic E-state index is 10.1. The van der Waals surface area contributed by atoms with Crippen molar-refractivity contribution in [3.8, 4) is 0 Å². The van der Waals surface area contributed by atoms with Crippen molar-refractivity contribution < 1.29 is 5.11 Å². The Hall–Kier alpha value is -0.780. The van der Waals surface area contributed by atoms with E-state index in [1.807, 2.05) is 19.4 Å². The predicted molar refractivity (Wildman–Crippen MR) is 86.4 cm³/mol. The lowest BCUT2D eigenvalue weighted by atomic mass is 10.1. The zero-order valence-electron chi connectivity index (χ0n) is 12.4. The normalized spacial score (nSPS) is 18.2. The molecule has 1 aliphatic rings. The van der Waals surface area contributed by atoms with E-state index in [9.17, 15) is 5.11 Å². The molecule has 0 radical (unpaired) electrons. The van der Waals surface area contributed by atoms with Crippen molar-refractivity contribution >= 4 is 17.6 Å². The van der Waals surface area contributed by atoms with E-state index in [1.54, 1.807) is 11.8 Å². The van der Waals surface area contributed by atoms with Crippen LogP contribution in [0.5, 0.6) is 0 Å². The second kappa shape index (κ2) is 7.29. The fraction of sp³-hybridized carbons (Fsp3) is 0.667. The minimum Gasteiger partial charge on any atom is -0.388 e. The highest BCUT2D eigenvalue weighted by Gasteiger charge is 2.18. The lowest BCUT2D eigenvalue weighted by Crippen LogP contribution is -2.39. The van der Waals surface area contributed by atoms with Crippen molar-refractivity contribution in [2.75, 3.05) is 36.5 Å². The lowest BCUT2D eigenvalue weighted by Gasteiger charge is -2.22. The first-order valence-electron chi connectivity index (χ1n) is 7.23. The molecule has 1 aromatic rings. The van der Waals surface area contributed by atoms with Gasteiger partial charge in [-0.1, -0.05) is 6.07 Å². The fourth-order valence-corrected chi connectivity index (χ4v) is 3.22. The summed E-state index contributed by atoms with van der Waals surface area (Å²) in [5.41, 5.74) is 0.510. The number of nitrogens with one attached hydrogen (secondary N) is 1. The molecule has 0 amide bonds. The Morgan fingerprint density at radius 2 is 2.15 bits per heavy atom. The molecule has 0 spiro atoms. The minimum absolute atomic E-state index is 0.599. The summed E-state index contributed by atoms with van der Waals surface area (Å²) in [6.07, 6.45) is 6.49. The van der Waals surface area contributed by atoms with Gasteiger partial charge in [0, 0.05) is 38.1 Å². The van der Waals surface area contributed by atoms with Crippen molar-refractivity contribution in [3.63, 3.8) is 0 Å². The molecular formula is C15H25N3OS. The van der Waals surface area contributed by atoms with E-state index >= 15 is 0 Å². The molecule has 1 saturated heterocycles. The van der Waals surface area contributed by atoms with Gasteiger partial charge in [0.1, 0.15) is 5.82 Å². The summed E-state index contributed by atoms with van der Waals surface area (Å²) in [6.45, 7) is 5.47. The Labute approximate surface area is 126 Å². The number of anilines is 1. The summed E-state index contributed by atoms with van der Waals surface area (Å²) < 4.78 is 0. The Kier molecular flexibility index (Phi) is 5.69. The van der Waals surface area contributed by atoms with Crippen molar-refractivity contribution in [3.05, 3.63) is 23.9 Å². The number of nitrogens with zero attached hydrogens (tertiary/aromatic N) is 2. The maximum Gasteiger partial charge on any atom is 0.128 e. The highest BCUT2D eigenvalue weighted by molar-refractivity contribution is 7.98. The van der Waals surface area contributed by atoms with Gasteiger partial charge in [-0.15, -0.1) is 0 Å². The molecule has 0 aromatic carbocycles. The highest BCUT2D eigenvalue weighted by atomic mass is 32.2. The summed E-state index contributed by atoms with van der Waals surface area (Å²) >= 11 is 1.66. The molecule has 2 rings (SSSR count). The SMILES string of the molecule is CSCC(C)(O)CNCc1ccc(N2CCCC2)nc1. The molecule has 2 heterocycles. The largest absolute Gasteiger partial charge is 0.388 e. The second-order valence-electron chi connectivity index (χ2n) is 5.75. The molecule has 1 fully saturated rings. The van der Waals surface area contributed by atoms with Crippen LogP contribution in [0.3, 0.4) is 0 Å².